The van der Waals surface area contributed by atoms with Crippen molar-refractivity contribution < 1.29 is 9.34 Å². The van der Waals surface area contributed by atoms with E-state index in [2.05, 4.69) is 10.3 Å². The normalized spacial score (nSPS) is 11.1. The quantitative estimate of drug-likeness (QED) is 0.334. The van der Waals surface area contributed by atoms with E-state index in [-0.39, 0.29) is 11.3 Å². The summed E-state index contributed by atoms with van der Waals surface area (Å²) in [6.07, 6.45) is 0. The van der Waals surface area contributed by atoms with Crippen LogP contribution < -0.4 is 10.9 Å². The fourth-order valence-electron chi connectivity index (χ4n) is 2.68. The Morgan fingerprint density at radius 3 is 2.76 bits per heavy atom. The molecular weight excluding hydrogens is 342 g/mol. The number of anilines is 2. The van der Waals surface area contributed by atoms with Crippen molar-refractivity contribution in [2.45, 2.75) is 6.92 Å². The maximum Gasteiger partial charge on any atom is 0.417 e. The largest absolute Gasteiger partial charge is 0.418 e. The predicted molar refractivity (Wildman–Crippen MR) is 96.8 cm³/mol. The lowest BCUT2D eigenvalue weighted by Crippen LogP contribution is -2.10. The topological polar surface area (TPSA) is 98.3 Å². The third kappa shape index (κ3) is 2.52. The average molecular weight is 353 g/mol. The molecule has 2 aromatic carbocycles. The molecule has 0 unspecified atom stereocenters. The second-order valence-corrected chi connectivity index (χ2v) is 6.46. The molecule has 4 rings (SSSR count). The summed E-state index contributed by atoms with van der Waals surface area (Å²) < 4.78 is 6.01. The molecule has 0 radical (unpaired) electrons. The molecule has 4 aromatic rings. The summed E-state index contributed by atoms with van der Waals surface area (Å²) in [6.45, 7) is 1.95. The first kappa shape index (κ1) is 15.3. The van der Waals surface area contributed by atoms with Crippen LogP contribution in [0.25, 0.3) is 21.2 Å². The van der Waals surface area contributed by atoms with Gasteiger partial charge in [0.25, 0.3) is 0 Å². The van der Waals surface area contributed by atoms with E-state index < -0.39 is 16.2 Å². The van der Waals surface area contributed by atoms with Crippen LogP contribution in [0.4, 0.5) is 16.5 Å². The van der Waals surface area contributed by atoms with Crippen molar-refractivity contribution in [2.75, 3.05) is 5.32 Å². The van der Waals surface area contributed by atoms with Crippen LogP contribution in [0.5, 0.6) is 0 Å². The maximum absolute atomic E-state index is 12.0. The highest BCUT2D eigenvalue weighted by Crippen LogP contribution is 2.35. The lowest BCUT2D eigenvalue weighted by atomic mass is 10.2. The molecule has 1 N–H and O–H groups in total. The molecule has 0 fully saturated rings. The molecule has 0 aliphatic carbocycles. The van der Waals surface area contributed by atoms with Gasteiger partial charge in [0.05, 0.1) is 15.1 Å². The highest BCUT2D eigenvalue weighted by Gasteiger charge is 2.25. The SMILES string of the molecule is Cc1cccc2sc(Nc3c([N+](=O)[O-])c(=O)oc4ccccc34)nc12. The van der Waals surface area contributed by atoms with Gasteiger partial charge < -0.3 is 9.73 Å². The lowest BCUT2D eigenvalue weighted by molar-refractivity contribution is -0.386. The Kier molecular flexibility index (Phi) is 3.47. The molecule has 0 spiro atoms. The van der Waals surface area contributed by atoms with Crippen LogP contribution in [0, 0.1) is 17.0 Å². The number of hydrogen-bond donors (Lipinski definition) is 1. The monoisotopic (exact) mass is 353 g/mol. The standard InChI is InChI=1S/C17H11N3O4S/c1-9-5-4-8-12-13(9)18-17(25-12)19-14-10-6-2-3-7-11(10)24-16(21)15(14)20(22)23/h2-8H,1H3,(H,18,19). The number of para-hydroxylation sites is 2. The minimum atomic E-state index is -0.997. The summed E-state index contributed by atoms with van der Waals surface area (Å²) in [6, 6.07) is 12.5. The summed E-state index contributed by atoms with van der Waals surface area (Å²) in [4.78, 5) is 27.2. The van der Waals surface area contributed by atoms with E-state index in [4.69, 9.17) is 4.42 Å². The number of nitrogens with one attached hydrogen (secondary N) is 1. The Labute approximate surface area is 144 Å². The lowest BCUT2D eigenvalue weighted by Gasteiger charge is -2.06. The number of nitrogens with zero attached hydrogens (tertiary/aromatic N) is 2. The van der Waals surface area contributed by atoms with Crippen molar-refractivity contribution in [3.8, 4) is 0 Å². The zero-order valence-corrected chi connectivity index (χ0v) is 13.8. The number of aromatic nitrogens is 1. The van der Waals surface area contributed by atoms with Crippen molar-refractivity contribution in [1.29, 1.82) is 0 Å². The van der Waals surface area contributed by atoms with Gasteiger partial charge in [-0.25, -0.2) is 9.78 Å². The smallest absolute Gasteiger partial charge is 0.417 e. The number of thiazole rings is 1. The number of hydrogen-bond acceptors (Lipinski definition) is 7. The van der Waals surface area contributed by atoms with Gasteiger partial charge in [0, 0.05) is 5.39 Å². The van der Waals surface area contributed by atoms with Gasteiger partial charge in [0.15, 0.2) is 5.13 Å². The Morgan fingerprint density at radius 2 is 2.00 bits per heavy atom. The molecule has 2 heterocycles. The van der Waals surface area contributed by atoms with E-state index in [0.717, 1.165) is 15.8 Å². The second-order valence-electron chi connectivity index (χ2n) is 5.43. The van der Waals surface area contributed by atoms with Crippen molar-refractivity contribution in [2.24, 2.45) is 0 Å². The molecule has 0 atom stereocenters. The van der Waals surface area contributed by atoms with Gasteiger partial charge in [-0.3, -0.25) is 10.1 Å². The third-order valence-corrected chi connectivity index (χ3v) is 4.76. The molecule has 2 aromatic heterocycles. The van der Waals surface area contributed by atoms with Gasteiger partial charge >= 0.3 is 11.3 Å². The first-order chi connectivity index (χ1) is 12.0. The van der Waals surface area contributed by atoms with Crippen molar-refractivity contribution in [1.82, 2.24) is 4.98 Å². The maximum atomic E-state index is 12.0. The second kappa shape index (κ2) is 5.67. The number of rotatable bonds is 3. The first-order valence-corrected chi connectivity index (χ1v) is 8.19. The molecule has 7 nitrogen and oxygen atoms in total. The zero-order chi connectivity index (χ0) is 17.6. The van der Waals surface area contributed by atoms with Gasteiger partial charge in [0.1, 0.15) is 11.3 Å². The fourth-order valence-corrected chi connectivity index (χ4v) is 3.63. The van der Waals surface area contributed by atoms with E-state index in [1.807, 2.05) is 25.1 Å². The van der Waals surface area contributed by atoms with E-state index in [1.54, 1.807) is 24.3 Å². The summed E-state index contributed by atoms with van der Waals surface area (Å²) in [5.74, 6) is 0. The summed E-state index contributed by atoms with van der Waals surface area (Å²) in [7, 11) is 0. The molecule has 25 heavy (non-hydrogen) atoms. The van der Waals surface area contributed by atoms with Crippen LogP contribution in [0.15, 0.2) is 51.7 Å². The summed E-state index contributed by atoms with van der Waals surface area (Å²) in [5.41, 5.74) is 0.572. The van der Waals surface area contributed by atoms with Crippen LogP contribution in [-0.4, -0.2) is 9.91 Å². The van der Waals surface area contributed by atoms with Crippen molar-refractivity contribution in [3.63, 3.8) is 0 Å². The molecule has 0 aliphatic rings. The number of aryl methyl sites for hydroxylation is 1. The van der Waals surface area contributed by atoms with E-state index in [0.29, 0.717) is 10.5 Å². The Bertz CT molecular complexity index is 1200. The Morgan fingerprint density at radius 1 is 1.20 bits per heavy atom. The summed E-state index contributed by atoms with van der Waals surface area (Å²) >= 11 is 1.36. The molecule has 8 heteroatoms. The average Bonchev–Trinajstić information content (AvgIpc) is 2.98. The minimum Gasteiger partial charge on any atom is -0.418 e. The van der Waals surface area contributed by atoms with Crippen LogP contribution in [0.3, 0.4) is 0 Å². The molecule has 0 aliphatic heterocycles. The van der Waals surface area contributed by atoms with E-state index >= 15 is 0 Å². The highest BCUT2D eigenvalue weighted by molar-refractivity contribution is 7.22. The molecule has 0 saturated heterocycles. The van der Waals surface area contributed by atoms with Crippen LogP contribution in [0.2, 0.25) is 0 Å². The fraction of sp³-hybridized carbons (Fsp3) is 0.0588. The molecule has 0 bridgehead atoms. The zero-order valence-electron chi connectivity index (χ0n) is 13.0. The summed E-state index contributed by atoms with van der Waals surface area (Å²) in [5, 5.41) is 15.3. The number of benzene rings is 2. The van der Waals surface area contributed by atoms with Gasteiger partial charge in [-0.2, -0.15) is 0 Å². The van der Waals surface area contributed by atoms with Crippen molar-refractivity contribution >= 4 is 49.0 Å². The molecular formula is C17H11N3O4S. The highest BCUT2D eigenvalue weighted by atomic mass is 32.1. The number of fused-ring (bicyclic) bond motifs is 2. The third-order valence-electron chi connectivity index (χ3n) is 3.82. The van der Waals surface area contributed by atoms with Gasteiger partial charge in [-0.1, -0.05) is 35.6 Å². The van der Waals surface area contributed by atoms with E-state index in [9.17, 15) is 14.9 Å². The first-order valence-electron chi connectivity index (χ1n) is 7.38. The minimum absolute atomic E-state index is 0.0913. The predicted octanol–water partition coefficient (Wildman–Crippen LogP) is 4.36. The van der Waals surface area contributed by atoms with Gasteiger partial charge in [-0.05, 0) is 30.7 Å². The van der Waals surface area contributed by atoms with Crippen LogP contribution in [0.1, 0.15) is 5.56 Å². The van der Waals surface area contributed by atoms with Crippen molar-refractivity contribution in [3.05, 3.63) is 68.6 Å². The molecule has 124 valence electrons. The Hall–Kier alpha value is -3.26. The van der Waals surface area contributed by atoms with Gasteiger partial charge in [0.2, 0.25) is 0 Å². The van der Waals surface area contributed by atoms with Crippen LogP contribution in [-0.2, 0) is 0 Å². The Balaban J connectivity index is 1.95. The van der Waals surface area contributed by atoms with E-state index in [1.165, 1.54) is 11.3 Å². The van der Waals surface area contributed by atoms with Crippen LogP contribution >= 0.6 is 11.3 Å². The molecule has 0 saturated carbocycles. The number of nitro groups is 1. The van der Waals surface area contributed by atoms with Gasteiger partial charge in [-0.15, -0.1) is 0 Å². The molecule has 0 amide bonds.